The number of carbonyl (C=O) groups is 2. The Hall–Kier alpha value is -2.55. The molecule has 1 saturated carbocycles. The third-order valence-corrected chi connectivity index (χ3v) is 5.95. The van der Waals surface area contributed by atoms with Gasteiger partial charge in [-0.1, -0.05) is 24.3 Å². The first kappa shape index (κ1) is 16.9. The van der Waals surface area contributed by atoms with Crippen molar-refractivity contribution in [2.24, 2.45) is 5.90 Å². The molecule has 3 N–H and O–H groups in total. The molecule has 26 heavy (non-hydrogen) atoms. The molecule has 2 aromatic rings. The van der Waals surface area contributed by atoms with E-state index in [0.29, 0.717) is 11.3 Å². The van der Waals surface area contributed by atoms with Crippen LogP contribution in [0.1, 0.15) is 51.1 Å². The van der Waals surface area contributed by atoms with E-state index in [-0.39, 0.29) is 33.4 Å². The Bertz CT molecular complexity index is 1040. The quantitative estimate of drug-likeness (QED) is 0.673. The summed E-state index contributed by atoms with van der Waals surface area (Å²) < 4.78 is 28.2. The number of nitrogens with one attached hydrogen (secondary N) is 1. The molecule has 0 atom stereocenters. The predicted molar refractivity (Wildman–Crippen MR) is 93.5 cm³/mol. The number of rotatable bonds is 4. The summed E-state index contributed by atoms with van der Waals surface area (Å²) in [7, 11) is -4.22. The van der Waals surface area contributed by atoms with Crippen LogP contribution in [-0.4, -0.2) is 26.0 Å². The summed E-state index contributed by atoms with van der Waals surface area (Å²) in [6.07, 6.45) is 2.88. The number of anilines is 1. The number of benzene rings is 2. The van der Waals surface area contributed by atoms with Crippen molar-refractivity contribution in [3.8, 4) is 0 Å². The van der Waals surface area contributed by atoms with Gasteiger partial charge >= 0.3 is 10.1 Å². The summed E-state index contributed by atoms with van der Waals surface area (Å²) >= 11 is 0. The topological polar surface area (TPSA) is 116 Å². The molecule has 0 spiro atoms. The Morgan fingerprint density at radius 2 is 1.65 bits per heavy atom. The van der Waals surface area contributed by atoms with Gasteiger partial charge in [0.25, 0.3) is 0 Å². The van der Waals surface area contributed by atoms with Gasteiger partial charge in [0.2, 0.25) is 0 Å². The first-order valence-electron chi connectivity index (χ1n) is 8.19. The molecule has 7 nitrogen and oxygen atoms in total. The summed E-state index contributed by atoms with van der Waals surface area (Å²) in [4.78, 5) is 25.6. The van der Waals surface area contributed by atoms with E-state index < -0.39 is 15.9 Å². The fourth-order valence-electron chi connectivity index (χ4n) is 3.28. The van der Waals surface area contributed by atoms with Crippen LogP contribution in [0.15, 0.2) is 41.3 Å². The van der Waals surface area contributed by atoms with Crippen LogP contribution in [0.3, 0.4) is 0 Å². The molecule has 0 bridgehead atoms. The van der Waals surface area contributed by atoms with Crippen LogP contribution in [-0.2, 0) is 14.4 Å². The highest BCUT2D eigenvalue weighted by Gasteiger charge is 2.34. The van der Waals surface area contributed by atoms with Gasteiger partial charge in [-0.05, 0) is 31.4 Å². The molecular weight excluding hydrogens is 356 g/mol. The SMILES string of the molecule is NOS(=O)(=O)c1cc(NC2CCC2)c2c(c1)C(=O)c1ccccc1C2=O. The molecule has 0 amide bonds. The van der Waals surface area contributed by atoms with Gasteiger partial charge in [0.1, 0.15) is 0 Å². The lowest BCUT2D eigenvalue weighted by Crippen LogP contribution is -2.30. The third kappa shape index (κ3) is 2.54. The van der Waals surface area contributed by atoms with Crippen molar-refractivity contribution in [1.29, 1.82) is 0 Å². The lowest BCUT2D eigenvalue weighted by Gasteiger charge is -2.30. The molecule has 0 saturated heterocycles. The Morgan fingerprint density at radius 1 is 1.00 bits per heavy atom. The molecule has 4 rings (SSSR count). The summed E-state index contributed by atoms with van der Waals surface area (Å²) in [6, 6.07) is 9.09. The number of carbonyl (C=O) groups excluding carboxylic acids is 2. The van der Waals surface area contributed by atoms with E-state index in [1.54, 1.807) is 24.3 Å². The minimum atomic E-state index is -4.22. The van der Waals surface area contributed by atoms with Crippen molar-refractivity contribution in [3.63, 3.8) is 0 Å². The van der Waals surface area contributed by atoms with Gasteiger partial charge in [-0.2, -0.15) is 18.6 Å². The molecule has 2 aliphatic rings. The summed E-state index contributed by atoms with van der Waals surface area (Å²) in [5, 5.41) is 3.19. The summed E-state index contributed by atoms with van der Waals surface area (Å²) in [6.45, 7) is 0. The number of ketones is 2. The Labute approximate surface area is 150 Å². The Morgan fingerprint density at radius 3 is 2.23 bits per heavy atom. The zero-order valence-electron chi connectivity index (χ0n) is 13.7. The highest BCUT2D eigenvalue weighted by Crippen LogP contribution is 2.36. The highest BCUT2D eigenvalue weighted by atomic mass is 32.2. The lowest BCUT2D eigenvalue weighted by atomic mass is 9.82. The average Bonchev–Trinajstić information content (AvgIpc) is 2.62. The zero-order valence-corrected chi connectivity index (χ0v) is 14.5. The van der Waals surface area contributed by atoms with Crippen molar-refractivity contribution < 1.29 is 22.3 Å². The van der Waals surface area contributed by atoms with Gasteiger partial charge in [-0.3, -0.25) is 9.59 Å². The van der Waals surface area contributed by atoms with Crippen LogP contribution in [0, 0.1) is 0 Å². The molecule has 1 fully saturated rings. The second-order valence-electron chi connectivity index (χ2n) is 6.42. The maximum Gasteiger partial charge on any atom is 0.312 e. The molecular formula is C18H16N2O5S. The van der Waals surface area contributed by atoms with Gasteiger partial charge in [-0.15, -0.1) is 0 Å². The van der Waals surface area contributed by atoms with Crippen LogP contribution < -0.4 is 11.2 Å². The summed E-state index contributed by atoms with van der Waals surface area (Å²) in [5.41, 5.74) is 1.11. The molecule has 8 heteroatoms. The fourth-order valence-corrected chi connectivity index (χ4v) is 3.92. The lowest BCUT2D eigenvalue weighted by molar-refractivity contribution is 0.0979. The minimum Gasteiger partial charge on any atom is -0.382 e. The minimum absolute atomic E-state index is 0.0358. The monoisotopic (exact) mass is 372 g/mol. The summed E-state index contributed by atoms with van der Waals surface area (Å²) in [5.74, 6) is 4.17. The van der Waals surface area contributed by atoms with Crippen molar-refractivity contribution in [2.75, 3.05) is 5.32 Å². The fraction of sp³-hybridized carbons (Fsp3) is 0.222. The molecule has 2 aromatic carbocycles. The smallest absolute Gasteiger partial charge is 0.312 e. The number of hydrogen-bond acceptors (Lipinski definition) is 7. The zero-order chi connectivity index (χ0) is 18.5. The molecule has 0 heterocycles. The van der Waals surface area contributed by atoms with Crippen molar-refractivity contribution >= 4 is 27.4 Å². The van der Waals surface area contributed by atoms with E-state index in [1.807, 2.05) is 0 Å². The molecule has 0 aromatic heterocycles. The average molecular weight is 372 g/mol. The largest absolute Gasteiger partial charge is 0.382 e. The highest BCUT2D eigenvalue weighted by molar-refractivity contribution is 7.86. The van der Waals surface area contributed by atoms with Crippen LogP contribution in [0.25, 0.3) is 0 Å². The normalized spacial score (nSPS) is 16.7. The van der Waals surface area contributed by atoms with Gasteiger partial charge in [0.05, 0.1) is 10.5 Å². The van der Waals surface area contributed by atoms with E-state index in [9.17, 15) is 18.0 Å². The van der Waals surface area contributed by atoms with Crippen LogP contribution in [0.2, 0.25) is 0 Å². The molecule has 0 aliphatic heterocycles. The van der Waals surface area contributed by atoms with Gasteiger partial charge < -0.3 is 5.32 Å². The second-order valence-corrected chi connectivity index (χ2v) is 7.99. The van der Waals surface area contributed by atoms with E-state index in [2.05, 4.69) is 9.60 Å². The van der Waals surface area contributed by atoms with E-state index >= 15 is 0 Å². The van der Waals surface area contributed by atoms with E-state index in [4.69, 9.17) is 5.90 Å². The van der Waals surface area contributed by atoms with Gasteiger partial charge in [-0.25, -0.2) is 0 Å². The first-order chi connectivity index (χ1) is 12.4. The number of hydrogen-bond donors (Lipinski definition) is 2. The maximum atomic E-state index is 13.0. The number of nitrogens with two attached hydrogens (primary N) is 1. The van der Waals surface area contributed by atoms with E-state index in [0.717, 1.165) is 25.3 Å². The van der Waals surface area contributed by atoms with Crippen molar-refractivity contribution in [2.45, 2.75) is 30.2 Å². The van der Waals surface area contributed by atoms with Crippen LogP contribution in [0.5, 0.6) is 0 Å². The first-order valence-corrected chi connectivity index (χ1v) is 9.59. The second kappa shape index (κ2) is 6.01. The van der Waals surface area contributed by atoms with Gasteiger partial charge in [0, 0.05) is 28.4 Å². The number of fused-ring (bicyclic) bond motifs is 2. The Kier molecular flexibility index (Phi) is 3.91. The molecule has 2 aliphatic carbocycles. The Balaban J connectivity index is 1.95. The molecule has 0 radical (unpaired) electrons. The van der Waals surface area contributed by atoms with E-state index in [1.165, 1.54) is 6.07 Å². The van der Waals surface area contributed by atoms with Gasteiger partial charge in [0.15, 0.2) is 11.6 Å². The third-order valence-electron chi connectivity index (χ3n) is 4.88. The standard InChI is InChI=1S/C18H16N2O5S/c19-25-26(23,24)11-8-14-16(15(9-11)20-10-4-3-5-10)18(22)13-7-2-1-6-12(13)17(14)21/h1-2,6-10,20H,3-5,19H2. The predicted octanol–water partition coefficient (Wildman–Crippen LogP) is 2.01. The van der Waals surface area contributed by atoms with Crippen molar-refractivity contribution in [1.82, 2.24) is 0 Å². The van der Waals surface area contributed by atoms with Crippen molar-refractivity contribution in [3.05, 3.63) is 58.7 Å². The van der Waals surface area contributed by atoms with Crippen LogP contribution in [0.4, 0.5) is 5.69 Å². The maximum absolute atomic E-state index is 13.0. The van der Waals surface area contributed by atoms with Crippen LogP contribution >= 0.6 is 0 Å². The molecule has 0 unspecified atom stereocenters. The molecule has 134 valence electrons.